The van der Waals surface area contributed by atoms with Crippen LogP contribution in [0, 0.1) is 11.6 Å². The van der Waals surface area contributed by atoms with Gasteiger partial charge in [0.15, 0.2) is 0 Å². The monoisotopic (exact) mass is 267 g/mol. The van der Waals surface area contributed by atoms with Crippen molar-refractivity contribution in [1.29, 1.82) is 0 Å². The van der Waals surface area contributed by atoms with Crippen LogP contribution >= 0.6 is 11.3 Å². The molecule has 0 saturated carbocycles. The first kappa shape index (κ1) is 13.2. The summed E-state index contributed by atoms with van der Waals surface area (Å²) in [6, 6.07) is 7.47. The van der Waals surface area contributed by atoms with Crippen LogP contribution in [0.25, 0.3) is 0 Å². The maximum atomic E-state index is 13.5. The van der Waals surface area contributed by atoms with E-state index in [1.54, 1.807) is 11.3 Å². The lowest BCUT2D eigenvalue weighted by Crippen LogP contribution is -2.13. The van der Waals surface area contributed by atoms with Crippen LogP contribution < -0.4 is 5.73 Å². The fraction of sp³-hybridized carbons (Fsp3) is 0.286. The van der Waals surface area contributed by atoms with Crippen LogP contribution in [0.15, 0.2) is 30.3 Å². The highest BCUT2D eigenvalue weighted by atomic mass is 32.1. The lowest BCUT2D eigenvalue weighted by atomic mass is 10.0. The Kier molecular flexibility index (Phi) is 4.09. The Morgan fingerprint density at radius 2 is 1.83 bits per heavy atom. The largest absolute Gasteiger partial charge is 0.323 e. The molecule has 0 saturated heterocycles. The molecule has 0 radical (unpaired) electrons. The summed E-state index contributed by atoms with van der Waals surface area (Å²) < 4.78 is 27.0. The molecule has 0 aliphatic rings. The van der Waals surface area contributed by atoms with Gasteiger partial charge >= 0.3 is 0 Å². The molecule has 18 heavy (non-hydrogen) atoms. The van der Waals surface area contributed by atoms with Gasteiger partial charge in [-0.25, -0.2) is 8.78 Å². The van der Waals surface area contributed by atoms with Crippen molar-refractivity contribution in [2.75, 3.05) is 0 Å². The first-order chi connectivity index (χ1) is 8.61. The second kappa shape index (κ2) is 5.59. The molecular formula is C14H15F2NS. The van der Waals surface area contributed by atoms with E-state index < -0.39 is 11.6 Å². The van der Waals surface area contributed by atoms with Crippen molar-refractivity contribution in [1.82, 2.24) is 0 Å². The molecular weight excluding hydrogens is 252 g/mol. The van der Waals surface area contributed by atoms with Gasteiger partial charge < -0.3 is 5.73 Å². The van der Waals surface area contributed by atoms with Crippen molar-refractivity contribution >= 4 is 11.3 Å². The maximum Gasteiger partial charge on any atom is 0.129 e. The van der Waals surface area contributed by atoms with Gasteiger partial charge in [-0.3, -0.25) is 0 Å². The quantitative estimate of drug-likeness (QED) is 0.895. The molecule has 4 heteroatoms. The van der Waals surface area contributed by atoms with Crippen molar-refractivity contribution in [3.8, 4) is 0 Å². The van der Waals surface area contributed by atoms with Gasteiger partial charge in [-0.05, 0) is 37.1 Å². The minimum absolute atomic E-state index is 0.0662. The van der Waals surface area contributed by atoms with Crippen LogP contribution in [0.2, 0.25) is 0 Å². The minimum atomic E-state index is -0.530. The van der Waals surface area contributed by atoms with Crippen LogP contribution in [0.4, 0.5) is 8.78 Å². The zero-order valence-electron chi connectivity index (χ0n) is 10.1. The zero-order valence-corrected chi connectivity index (χ0v) is 10.9. The van der Waals surface area contributed by atoms with Gasteiger partial charge in [-0.1, -0.05) is 13.0 Å². The van der Waals surface area contributed by atoms with Gasteiger partial charge in [0.05, 0.1) is 0 Å². The minimum Gasteiger partial charge on any atom is -0.323 e. The second-order valence-corrected chi connectivity index (χ2v) is 5.37. The predicted octanol–water partition coefficient (Wildman–Crippen LogP) is 3.83. The van der Waals surface area contributed by atoms with Gasteiger partial charge in [0.25, 0.3) is 0 Å². The van der Waals surface area contributed by atoms with Crippen molar-refractivity contribution in [3.05, 3.63) is 57.3 Å². The summed E-state index contributed by atoms with van der Waals surface area (Å²) in [5.74, 6) is -1.06. The predicted molar refractivity (Wildman–Crippen MR) is 70.7 cm³/mol. The standard InChI is InChI=1S/C14H15F2NS/c1-2-9-6-7-14(18-9)13(17)8-10-11(15)4-3-5-12(10)16/h3-7,13H,2,8,17H2,1H3. The smallest absolute Gasteiger partial charge is 0.129 e. The highest BCUT2D eigenvalue weighted by Crippen LogP contribution is 2.26. The van der Waals surface area contributed by atoms with Crippen molar-refractivity contribution in [3.63, 3.8) is 0 Å². The van der Waals surface area contributed by atoms with E-state index in [4.69, 9.17) is 5.73 Å². The molecule has 0 aliphatic heterocycles. The van der Waals surface area contributed by atoms with E-state index in [0.717, 1.165) is 11.3 Å². The first-order valence-corrected chi connectivity index (χ1v) is 6.70. The fourth-order valence-corrected chi connectivity index (χ4v) is 2.79. The van der Waals surface area contributed by atoms with Crippen LogP contribution in [0.1, 0.15) is 28.3 Å². The average molecular weight is 267 g/mol. The molecule has 0 amide bonds. The molecule has 0 spiro atoms. The van der Waals surface area contributed by atoms with E-state index >= 15 is 0 Å². The Morgan fingerprint density at radius 1 is 1.17 bits per heavy atom. The Hall–Kier alpha value is -1.26. The number of halogens is 2. The third-order valence-corrected chi connectivity index (χ3v) is 4.24. The number of thiophene rings is 1. The number of benzene rings is 1. The van der Waals surface area contributed by atoms with Crippen LogP contribution in [0.3, 0.4) is 0 Å². The topological polar surface area (TPSA) is 26.0 Å². The molecule has 1 aromatic heterocycles. The summed E-state index contributed by atoms with van der Waals surface area (Å²) in [6.07, 6.45) is 1.13. The molecule has 1 nitrogen and oxygen atoms in total. The number of nitrogens with two attached hydrogens (primary N) is 1. The SMILES string of the molecule is CCc1ccc(C(N)Cc2c(F)cccc2F)s1. The molecule has 1 atom stereocenters. The number of rotatable bonds is 4. The third-order valence-electron chi connectivity index (χ3n) is 2.88. The Bertz CT molecular complexity index is 516. The number of hydrogen-bond donors (Lipinski definition) is 1. The van der Waals surface area contributed by atoms with Crippen molar-refractivity contribution < 1.29 is 8.78 Å². The molecule has 0 bridgehead atoms. The number of aryl methyl sites for hydroxylation is 1. The molecule has 2 N–H and O–H groups in total. The van der Waals surface area contributed by atoms with Gasteiger partial charge in [0, 0.05) is 21.4 Å². The highest BCUT2D eigenvalue weighted by molar-refractivity contribution is 7.12. The van der Waals surface area contributed by atoms with Gasteiger partial charge in [0.1, 0.15) is 11.6 Å². The Labute approximate surface area is 109 Å². The molecule has 1 heterocycles. The van der Waals surface area contributed by atoms with Crippen molar-refractivity contribution in [2.45, 2.75) is 25.8 Å². The van der Waals surface area contributed by atoms with E-state index in [1.165, 1.54) is 23.1 Å². The Balaban J connectivity index is 2.18. The van der Waals surface area contributed by atoms with Gasteiger partial charge in [-0.2, -0.15) is 0 Å². The summed E-state index contributed by atoms with van der Waals surface area (Å²) >= 11 is 1.60. The molecule has 0 fully saturated rings. The van der Waals surface area contributed by atoms with E-state index in [9.17, 15) is 8.78 Å². The molecule has 2 aromatic rings. The lowest BCUT2D eigenvalue weighted by Gasteiger charge is -2.11. The van der Waals surface area contributed by atoms with Crippen LogP contribution in [0.5, 0.6) is 0 Å². The average Bonchev–Trinajstić information content (AvgIpc) is 2.82. The van der Waals surface area contributed by atoms with Gasteiger partial charge in [0.2, 0.25) is 0 Å². The van der Waals surface area contributed by atoms with E-state index in [1.807, 2.05) is 12.1 Å². The van der Waals surface area contributed by atoms with E-state index in [-0.39, 0.29) is 18.0 Å². The zero-order chi connectivity index (χ0) is 13.1. The van der Waals surface area contributed by atoms with E-state index in [0.29, 0.717) is 0 Å². The van der Waals surface area contributed by atoms with Crippen molar-refractivity contribution in [2.24, 2.45) is 5.73 Å². The second-order valence-electron chi connectivity index (χ2n) is 4.17. The van der Waals surface area contributed by atoms with Crippen LogP contribution in [-0.4, -0.2) is 0 Å². The molecule has 2 rings (SSSR count). The highest BCUT2D eigenvalue weighted by Gasteiger charge is 2.15. The summed E-state index contributed by atoms with van der Waals surface area (Å²) in [5.41, 5.74) is 6.08. The van der Waals surface area contributed by atoms with Gasteiger partial charge in [-0.15, -0.1) is 11.3 Å². The first-order valence-electron chi connectivity index (χ1n) is 5.89. The lowest BCUT2D eigenvalue weighted by molar-refractivity contribution is 0.541. The molecule has 96 valence electrons. The van der Waals surface area contributed by atoms with E-state index in [2.05, 4.69) is 6.92 Å². The molecule has 1 unspecified atom stereocenters. The Morgan fingerprint density at radius 3 is 2.39 bits per heavy atom. The summed E-state index contributed by atoms with van der Waals surface area (Å²) in [4.78, 5) is 2.20. The fourth-order valence-electron chi connectivity index (χ4n) is 1.83. The third kappa shape index (κ3) is 2.76. The maximum absolute atomic E-state index is 13.5. The number of hydrogen-bond acceptors (Lipinski definition) is 2. The molecule has 1 aromatic carbocycles. The summed E-state index contributed by atoms with van der Waals surface area (Å²) in [6.45, 7) is 2.07. The summed E-state index contributed by atoms with van der Waals surface area (Å²) in [7, 11) is 0. The summed E-state index contributed by atoms with van der Waals surface area (Å²) in [5, 5.41) is 0. The normalized spacial score (nSPS) is 12.7. The van der Waals surface area contributed by atoms with Crippen LogP contribution in [-0.2, 0) is 12.8 Å². The molecule has 0 aliphatic carbocycles.